The lowest BCUT2D eigenvalue weighted by atomic mass is 10.4. The van der Waals surface area contributed by atoms with Crippen molar-refractivity contribution in [1.82, 2.24) is 15.3 Å². The van der Waals surface area contributed by atoms with Crippen LogP contribution >= 0.6 is 11.3 Å². The van der Waals surface area contributed by atoms with Gasteiger partial charge in [0.25, 0.3) is 0 Å². The quantitative estimate of drug-likeness (QED) is 0.754. The molecule has 0 saturated heterocycles. The Hall–Kier alpha value is -1.46. The predicted octanol–water partition coefficient (Wildman–Crippen LogP) is 2.66. The Kier molecular flexibility index (Phi) is 5.78. The van der Waals surface area contributed by atoms with Gasteiger partial charge in [0, 0.05) is 24.0 Å². The van der Waals surface area contributed by atoms with E-state index in [-0.39, 0.29) is 0 Å². The first-order chi connectivity index (χ1) is 9.38. The molecule has 0 aliphatic carbocycles. The maximum Gasteiger partial charge on any atom is 0.232 e. The largest absolute Gasteiger partial charge is 0.476 e. The molecule has 2 aromatic rings. The molecule has 5 heteroatoms. The smallest absolute Gasteiger partial charge is 0.232 e. The fraction of sp³-hybridized carbons (Fsp3) is 0.429. The van der Waals surface area contributed by atoms with Crippen LogP contribution in [-0.2, 0) is 13.0 Å². The van der Waals surface area contributed by atoms with Gasteiger partial charge in [-0.3, -0.25) is 4.98 Å². The van der Waals surface area contributed by atoms with Crippen LogP contribution in [0.15, 0.2) is 29.9 Å². The van der Waals surface area contributed by atoms with Crippen LogP contribution in [0.25, 0.3) is 0 Å². The molecule has 0 radical (unpaired) electrons. The number of nitrogens with zero attached hydrogens (tertiary/aromatic N) is 2. The molecule has 19 heavy (non-hydrogen) atoms. The summed E-state index contributed by atoms with van der Waals surface area (Å²) in [7, 11) is 0. The molecule has 0 bridgehead atoms. The molecule has 2 rings (SSSR count). The fourth-order valence-corrected chi connectivity index (χ4v) is 2.34. The number of nitrogens with one attached hydrogen (secondary N) is 1. The first-order valence-electron chi connectivity index (χ1n) is 6.55. The van der Waals surface area contributed by atoms with E-state index >= 15 is 0 Å². The molecule has 0 atom stereocenters. The molecule has 4 nitrogen and oxygen atoms in total. The molecule has 0 aromatic carbocycles. The van der Waals surface area contributed by atoms with Gasteiger partial charge in [0.05, 0.1) is 18.5 Å². The monoisotopic (exact) mass is 277 g/mol. The third kappa shape index (κ3) is 4.96. The summed E-state index contributed by atoms with van der Waals surface area (Å²) >= 11 is 1.75. The zero-order valence-corrected chi connectivity index (χ0v) is 11.9. The second-order valence-electron chi connectivity index (χ2n) is 4.20. The van der Waals surface area contributed by atoms with Crippen LogP contribution < -0.4 is 10.1 Å². The topological polar surface area (TPSA) is 47.0 Å². The molecule has 0 aliphatic heterocycles. The lowest BCUT2D eigenvalue weighted by Crippen LogP contribution is -2.15. The van der Waals surface area contributed by atoms with E-state index in [0.29, 0.717) is 12.5 Å². The summed E-state index contributed by atoms with van der Waals surface area (Å²) in [5, 5.41) is 5.38. The van der Waals surface area contributed by atoms with E-state index in [1.807, 2.05) is 0 Å². The minimum atomic E-state index is 0.604. The lowest BCUT2D eigenvalue weighted by molar-refractivity contribution is 0.307. The molecule has 0 saturated carbocycles. The van der Waals surface area contributed by atoms with Crippen LogP contribution in [0.4, 0.5) is 0 Å². The standard InChI is InChI=1S/C14H19N3OS/c1-2-6-15-9-12-10-16-11-14(17-12)18-7-5-13-4-3-8-19-13/h3-4,8,10-11,15H,2,5-7,9H2,1H3. The number of ether oxygens (including phenoxy) is 1. The summed E-state index contributed by atoms with van der Waals surface area (Å²) in [6.07, 6.45) is 5.47. The zero-order chi connectivity index (χ0) is 13.3. The van der Waals surface area contributed by atoms with Crippen molar-refractivity contribution < 1.29 is 4.74 Å². The molecular weight excluding hydrogens is 258 g/mol. The van der Waals surface area contributed by atoms with Gasteiger partial charge in [0.2, 0.25) is 5.88 Å². The van der Waals surface area contributed by atoms with Gasteiger partial charge in [-0.1, -0.05) is 13.0 Å². The number of thiophene rings is 1. The number of hydrogen-bond acceptors (Lipinski definition) is 5. The average molecular weight is 277 g/mol. The minimum absolute atomic E-state index is 0.604. The van der Waals surface area contributed by atoms with E-state index < -0.39 is 0 Å². The van der Waals surface area contributed by atoms with E-state index in [1.54, 1.807) is 23.7 Å². The summed E-state index contributed by atoms with van der Waals surface area (Å²) in [4.78, 5) is 9.90. The van der Waals surface area contributed by atoms with Gasteiger partial charge in [-0.05, 0) is 24.4 Å². The Morgan fingerprint density at radius 2 is 2.32 bits per heavy atom. The third-order valence-corrected chi connectivity index (χ3v) is 3.51. The van der Waals surface area contributed by atoms with Gasteiger partial charge in [0.1, 0.15) is 0 Å². The maximum absolute atomic E-state index is 5.63. The molecule has 1 N–H and O–H groups in total. The predicted molar refractivity (Wildman–Crippen MR) is 77.5 cm³/mol. The minimum Gasteiger partial charge on any atom is -0.476 e. The van der Waals surface area contributed by atoms with Gasteiger partial charge < -0.3 is 10.1 Å². The van der Waals surface area contributed by atoms with Crippen LogP contribution in [0.2, 0.25) is 0 Å². The molecule has 0 aliphatic rings. The second-order valence-corrected chi connectivity index (χ2v) is 5.24. The summed E-state index contributed by atoms with van der Waals surface area (Å²) in [5.41, 5.74) is 0.919. The van der Waals surface area contributed by atoms with Crippen LogP contribution in [0.5, 0.6) is 5.88 Å². The Balaban J connectivity index is 1.78. The lowest BCUT2D eigenvalue weighted by Gasteiger charge is -2.06. The van der Waals surface area contributed by atoms with Crippen LogP contribution in [-0.4, -0.2) is 23.1 Å². The van der Waals surface area contributed by atoms with Crippen molar-refractivity contribution in [2.75, 3.05) is 13.2 Å². The summed E-state index contributed by atoms with van der Waals surface area (Å²) < 4.78 is 5.63. The zero-order valence-electron chi connectivity index (χ0n) is 11.1. The Morgan fingerprint density at radius 3 is 3.11 bits per heavy atom. The highest BCUT2D eigenvalue weighted by molar-refractivity contribution is 7.09. The molecule has 0 spiro atoms. The SMILES string of the molecule is CCCNCc1cncc(OCCc2cccs2)n1. The van der Waals surface area contributed by atoms with Gasteiger partial charge in [-0.2, -0.15) is 0 Å². The average Bonchev–Trinajstić information content (AvgIpc) is 2.93. The van der Waals surface area contributed by atoms with Gasteiger partial charge in [-0.15, -0.1) is 11.3 Å². The molecule has 0 fully saturated rings. The van der Waals surface area contributed by atoms with Crippen molar-refractivity contribution >= 4 is 11.3 Å². The van der Waals surface area contributed by atoms with Crippen molar-refractivity contribution in [2.24, 2.45) is 0 Å². The summed E-state index contributed by atoms with van der Waals surface area (Å²) in [5.74, 6) is 0.604. The summed E-state index contributed by atoms with van der Waals surface area (Å²) in [6, 6.07) is 4.17. The van der Waals surface area contributed by atoms with E-state index in [0.717, 1.165) is 31.6 Å². The van der Waals surface area contributed by atoms with Crippen LogP contribution in [0.3, 0.4) is 0 Å². The van der Waals surface area contributed by atoms with Gasteiger partial charge >= 0.3 is 0 Å². The van der Waals surface area contributed by atoms with E-state index in [9.17, 15) is 0 Å². The normalized spacial score (nSPS) is 10.6. The van der Waals surface area contributed by atoms with Crippen LogP contribution in [0, 0.1) is 0 Å². The molecule has 102 valence electrons. The van der Waals surface area contributed by atoms with E-state index in [2.05, 4.69) is 39.7 Å². The third-order valence-electron chi connectivity index (χ3n) is 2.57. The first-order valence-corrected chi connectivity index (χ1v) is 7.43. The van der Waals surface area contributed by atoms with Crippen molar-refractivity contribution in [1.29, 1.82) is 0 Å². The van der Waals surface area contributed by atoms with Crippen molar-refractivity contribution in [3.05, 3.63) is 40.5 Å². The summed E-state index contributed by atoms with van der Waals surface area (Å²) in [6.45, 7) is 4.51. The van der Waals surface area contributed by atoms with Crippen molar-refractivity contribution in [3.63, 3.8) is 0 Å². The van der Waals surface area contributed by atoms with Crippen molar-refractivity contribution in [2.45, 2.75) is 26.3 Å². The van der Waals surface area contributed by atoms with E-state index in [1.165, 1.54) is 4.88 Å². The number of rotatable bonds is 8. The molecular formula is C14H19N3OS. The molecule has 0 unspecified atom stereocenters. The first kappa shape index (κ1) is 14.0. The molecule has 2 aromatic heterocycles. The highest BCUT2D eigenvalue weighted by Gasteiger charge is 2.00. The Labute approximate surface area is 117 Å². The second kappa shape index (κ2) is 7.86. The highest BCUT2D eigenvalue weighted by atomic mass is 32.1. The Morgan fingerprint density at radius 1 is 1.37 bits per heavy atom. The van der Waals surface area contributed by atoms with E-state index in [4.69, 9.17) is 4.74 Å². The fourth-order valence-electron chi connectivity index (χ4n) is 1.65. The van der Waals surface area contributed by atoms with Crippen LogP contribution in [0.1, 0.15) is 23.9 Å². The number of aromatic nitrogens is 2. The Bertz CT molecular complexity index is 473. The van der Waals surface area contributed by atoms with Crippen molar-refractivity contribution in [3.8, 4) is 5.88 Å². The highest BCUT2D eigenvalue weighted by Crippen LogP contribution is 2.10. The molecule has 2 heterocycles. The van der Waals surface area contributed by atoms with Gasteiger partial charge in [0.15, 0.2) is 0 Å². The molecule has 0 amide bonds. The maximum atomic E-state index is 5.63. The number of hydrogen-bond donors (Lipinski definition) is 1. The van der Waals surface area contributed by atoms with Gasteiger partial charge in [-0.25, -0.2) is 4.98 Å².